The van der Waals surface area contributed by atoms with Crippen molar-refractivity contribution >= 4 is 5.91 Å². The van der Waals surface area contributed by atoms with Crippen LogP contribution in [-0.4, -0.2) is 30.3 Å². The topological polar surface area (TPSA) is 67.8 Å². The average Bonchev–Trinajstić information content (AvgIpc) is 2.44. The Morgan fingerprint density at radius 3 is 2.70 bits per heavy atom. The summed E-state index contributed by atoms with van der Waals surface area (Å²) in [4.78, 5) is 11.7. The Hall–Kier alpha value is -1.75. The first-order valence-electron chi connectivity index (χ1n) is 6.93. The highest BCUT2D eigenvalue weighted by molar-refractivity contribution is 5.76. The summed E-state index contributed by atoms with van der Waals surface area (Å²) in [7, 11) is 0. The Kier molecular flexibility index (Phi) is 4.84. The molecule has 2 atom stereocenters. The van der Waals surface area contributed by atoms with Crippen LogP contribution >= 0.6 is 0 Å². The monoisotopic (exact) mass is 279 g/mol. The third-order valence-electron chi connectivity index (χ3n) is 3.23. The second-order valence-electron chi connectivity index (χ2n) is 5.08. The quantitative estimate of drug-likeness (QED) is 0.862. The summed E-state index contributed by atoms with van der Waals surface area (Å²) in [5, 5.41) is 12.1. The van der Waals surface area contributed by atoms with E-state index in [1.54, 1.807) is 6.92 Å². The molecule has 1 aliphatic heterocycles. The fraction of sp³-hybridized carbons (Fsp3) is 0.533. The first-order chi connectivity index (χ1) is 9.56. The predicted molar refractivity (Wildman–Crippen MR) is 74.9 cm³/mol. The van der Waals surface area contributed by atoms with Gasteiger partial charge in [0.1, 0.15) is 13.2 Å². The maximum Gasteiger partial charge on any atom is 0.220 e. The van der Waals surface area contributed by atoms with Gasteiger partial charge in [0.2, 0.25) is 5.91 Å². The van der Waals surface area contributed by atoms with E-state index >= 15 is 0 Å². The van der Waals surface area contributed by atoms with Crippen LogP contribution < -0.4 is 14.8 Å². The molecule has 5 nitrogen and oxygen atoms in total. The van der Waals surface area contributed by atoms with E-state index in [0.717, 1.165) is 17.1 Å². The molecule has 0 saturated carbocycles. The van der Waals surface area contributed by atoms with Crippen molar-refractivity contribution in [2.45, 2.75) is 38.8 Å². The van der Waals surface area contributed by atoms with Gasteiger partial charge in [-0.25, -0.2) is 0 Å². The highest BCUT2D eigenvalue weighted by Gasteiger charge is 2.15. The Morgan fingerprint density at radius 1 is 1.30 bits per heavy atom. The lowest BCUT2D eigenvalue weighted by Crippen LogP contribution is -2.27. The van der Waals surface area contributed by atoms with Crippen LogP contribution in [0.3, 0.4) is 0 Å². The predicted octanol–water partition coefficient (Wildman–Crippen LogP) is 1.80. The molecule has 1 amide bonds. The van der Waals surface area contributed by atoms with E-state index in [4.69, 9.17) is 9.47 Å². The van der Waals surface area contributed by atoms with Crippen LogP contribution in [0.15, 0.2) is 18.2 Å². The van der Waals surface area contributed by atoms with Gasteiger partial charge in [0.05, 0.1) is 12.1 Å². The number of benzene rings is 1. The third-order valence-corrected chi connectivity index (χ3v) is 3.23. The first-order valence-corrected chi connectivity index (χ1v) is 6.93. The molecule has 2 unspecified atom stereocenters. The van der Waals surface area contributed by atoms with Crippen LogP contribution in [-0.2, 0) is 4.79 Å². The van der Waals surface area contributed by atoms with Crippen molar-refractivity contribution in [3.63, 3.8) is 0 Å². The number of aliphatic hydroxyl groups excluding tert-OH is 1. The number of hydrogen-bond acceptors (Lipinski definition) is 4. The first kappa shape index (κ1) is 14.7. The zero-order valence-electron chi connectivity index (χ0n) is 11.9. The molecule has 0 aromatic heterocycles. The molecule has 0 fully saturated rings. The lowest BCUT2D eigenvalue weighted by molar-refractivity contribution is -0.122. The van der Waals surface area contributed by atoms with Gasteiger partial charge < -0.3 is 19.9 Å². The maximum absolute atomic E-state index is 11.7. The number of fused-ring (bicyclic) bond motifs is 1. The summed E-state index contributed by atoms with van der Waals surface area (Å²) < 4.78 is 11.0. The van der Waals surface area contributed by atoms with E-state index in [-0.39, 0.29) is 11.9 Å². The molecular formula is C15H21NO4. The van der Waals surface area contributed by atoms with Gasteiger partial charge in [-0.15, -0.1) is 0 Å². The zero-order valence-corrected chi connectivity index (χ0v) is 11.9. The fourth-order valence-corrected chi connectivity index (χ4v) is 2.07. The Bertz CT molecular complexity index is 473. The van der Waals surface area contributed by atoms with Gasteiger partial charge in [-0.05, 0) is 38.0 Å². The maximum atomic E-state index is 11.7. The second-order valence-corrected chi connectivity index (χ2v) is 5.08. The van der Waals surface area contributed by atoms with Gasteiger partial charge in [0.25, 0.3) is 0 Å². The van der Waals surface area contributed by atoms with Crippen LogP contribution in [0.25, 0.3) is 0 Å². The number of nitrogens with one attached hydrogen (secondary N) is 1. The largest absolute Gasteiger partial charge is 0.486 e. The number of amides is 1. The summed E-state index contributed by atoms with van der Waals surface area (Å²) in [6, 6.07) is 5.58. The van der Waals surface area contributed by atoms with Gasteiger partial charge in [-0.2, -0.15) is 0 Å². The number of rotatable bonds is 5. The van der Waals surface area contributed by atoms with Crippen LogP contribution in [0.5, 0.6) is 11.5 Å². The van der Waals surface area contributed by atoms with Crippen LogP contribution in [0.1, 0.15) is 38.3 Å². The third kappa shape index (κ3) is 3.87. The average molecular weight is 279 g/mol. The normalized spacial score (nSPS) is 16.4. The molecule has 110 valence electrons. The molecule has 0 aliphatic carbocycles. The van der Waals surface area contributed by atoms with Crippen molar-refractivity contribution in [1.82, 2.24) is 5.32 Å². The van der Waals surface area contributed by atoms with Crippen LogP contribution in [0, 0.1) is 0 Å². The standard InChI is InChI=1S/C15H21NO4/c1-10(17)3-6-15(18)16-11(2)12-4-5-13-14(9-12)20-8-7-19-13/h4-5,9-11,17H,3,6-8H2,1-2H3,(H,16,18). The van der Waals surface area contributed by atoms with Crippen molar-refractivity contribution in [3.05, 3.63) is 23.8 Å². The number of carbonyl (C=O) groups excluding carboxylic acids is 1. The summed E-state index contributed by atoms with van der Waals surface area (Å²) in [5.41, 5.74) is 0.972. The lowest BCUT2D eigenvalue weighted by Gasteiger charge is -2.21. The van der Waals surface area contributed by atoms with Gasteiger partial charge in [-0.3, -0.25) is 4.79 Å². The highest BCUT2D eigenvalue weighted by Crippen LogP contribution is 2.32. The van der Waals surface area contributed by atoms with E-state index in [0.29, 0.717) is 26.1 Å². The molecule has 5 heteroatoms. The summed E-state index contributed by atoms with van der Waals surface area (Å²) >= 11 is 0. The molecule has 20 heavy (non-hydrogen) atoms. The molecular weight excluding hydrogens is 258 g/mol. The van der Waals surface area contributed by atoms with E-state index in [2.05, 4.69) is 5.32 Å². The smallest absolute Gasteiger partial charge is 0.220 e. The zero-order chi connectivity index (χ0) is 14.5. The van der Waals surface area contributed by atoms with E-state index in [1.807, 2.05) is 25.1 Å². The molecule has 1 aliphatic rings. The number of hydrogen-bond donors (Lipinski definition) is 2. The van der Waals surface area contributed by atoms with Gasteiger partial charge in [-0.1, -0.05) is 6.07 Å². The van der Waals surface area contributed by atoms with Crippen molar-refractivity contribution in [2.24, 2.45) is 0 Å². The van der Waals surface area contributed by atoms with Crippen LogP contribution in [0.2, 0.25) is 0 Å². The van der Waals surface area contributed by atoms with Crippen molar-refractivity contribution in [2.75, 3.05) is 13.2 Å². The highest BCUT2D eigenvalue weighted by atomic mass is 16.6. The molecule has 0 saturated heterocycles. The number of carbonyl (C=O) groups is 1. The number of ether oxygens (including phenoxy) is 2. The summed E-state index contributed by atoms with van der Waals surface area (Å²) in [6.45, 7) is 4.72. The Morgan fingerprint density at radius 2 is 2.00 bits per heavy atom. The van der Waals surface area contributed by atoms with Crippen molar-refractivity contribution in [1.29, 1.82) is 0 Å². The summed E-state index contributed by atoms with van der Waals surface area (Å²) in [5.74, 6) is 1.40. The van der Waals surface area contributed by atoms with Crippen molar-refractivity contribution < 1.29 is 19.4 Å². The van der Waals surface area contributed by atoms with Gasteiger partial charge in [0.15, 0.2) is 11.5 Å². The van der Waals surface area contributed by atoms with E-state index < -0.39 is 6.10 Å². The second kappa shape index (κ2) is 6.61. The summed E-state index contributed by atoms with van der Waals surface area (Å²) in [6.07, 6.45) is 0.344. The SMILES string of the molecule is CC(O)CCC(=O)NC(C)c1ccc2c(c1)OCCO2. The molecule has 0 bridgehead atoms. The minimum Gasteiger partial charge on any atom is -0.486 e. The molecule has 1 aromatic rings. The Labute approximate surface area is 118 Å². The Balaban J connectivity index is 1.95. The van der Waals surface area contributed by atoms with E-state index in [1.165, 1.54) is 0 Å². The molecule has 2 rings (SSSR count). The fourth-order valence-electron chi connectivity index (χ4n) is 2.07. The van der Waals surface area contributed by atoms with Gasteiger partial charge in [0, 0.05) is 6.42 Å². The van der Waals surface area contributed by atoms with E-state index in [9.17, 15) is 9.90 Å². The van der Waals surface area contributed by atoms with Gasteiger partial charge >= 0.3 is 0 Å². The molecule has 1 aromatic carbocycles. The lowest BCUT2D eigenvalue weighted by atomic mass is 10.1. The molecule has 0 spiro atoms. The molecule has 1 heterocycles. The van der Waals surface area contributed by atoms with Crippen molar-refractivity contribution in [3.8, 4) is 11.5 Å². The number of aliphatic hydroxyl groups is 1. The minimum atomic E-state index is -0.453. The molecule has 2 N–H and O–H groups in total. The molecule has 0 radical (unpaired) electrons. The minimum absolute atomic E-state index is 0.0618. The van der Waals surface area contributed by atoms with Crippen LogP contribution in [0.4, 0.5) is 0 Å².